The summed E-state index contributed by atoms with van der Waals surface area (Å²) in [6.07, 6.45) is 9.98. The SMILES string of the molecule is CCCCCc1cc(Br)c(OC)c(CCCCC)c1. The van der Waals surface area contributed by atoms with Crippen LogP contribution in [0.2, 0.25) is 0 Å². The van der Waals surface area contributed by atoms with Crippen molar-refractivity contribution < 1.29 is 4.74 Å². The van der Waals surface area contributed by atoms with Crippen molar-refractivity contribution in [3.63, 3.8) is 0 Å². The lowest BCUT2D eigenvalue weighted by atomic mass is 10.0. The van der Waals surface area contributed by atoms with E-state index in [9.17, 15) is 0 Å². The Kier molecular flexibility index (Phi) is 8.20. The second-order valence-electron chi connectivity index (χ2n) is 5.18. The van der Waals surface area contributed by atoms with Gasteiger partial charge in [0.25, 0.3) is 0 Å². The van der Waals surface area contributed by atoms with E-state index in [0.29, 0.717) is 0 Å². The minimum atomic E-state index is 1.02. The molecule has 0 saturated heterocycles. The first-order chi connectivity index (χ1) is 9.22. The van der Waals surface area contributed by atoms with Crippen LogP contribution in [0.25, 0.3) is 0 Å². The van der Waals surface area contributed by atoms with Gasteiger partial charge in [0.05, 0.1) is 11.6 Å². The quantitative estimate of drug-likeness (QED) is 0.511. The minimum Gasteiger partial charge on any atom is -0.495 e. The predicted molar refractivity (Wildman–Crippen MR) is 87.2 cm³/mol. The van der Waals surface area contributed by atoms with Crippen LogP contribution in [0.3, 0.4) is 0 Å². The first kappa shape index (κ1) is 16.6. The highest BCUT2D eigenvalue weighted by Gasteiger charge is 2.09. The summed E-state index contributed by atoms with van der Waals surface area (Å²) in [5, 5.41) is 0. The van der Waals surface area contributed by atoms with Crippen molar-refractivity contribution in [2.75, 3.05) is 7.11 Å². The van der Waals surface area contributed by atoms with Crippen molar-refractivity contribution in [1.29, 1.82) is 0 Å². The van der Waals surface area contributed by atoms with E-state index in [0.717, 1.165) is 16.6 Å². The fourth-order valence-electron chi connectivity index (χ4n) is 2.42. The van der Waals surface area contributed by atoms with Crippen molar-refractivity contribution >= 4 is 15.9 Å². The van der Waals surface area contributed by atoms with Crippen molar-refractivity contribution in [2.45, 2.75) is 65.2 Å². The molecule has 0 aliphatic heterocycles. The summed E-state index contributed by atoms with van der Waals surface area (Å²) in [6.45, 7) is 4.49. The van der Waals surface area contributed by atoms with Gasteiger partial charge in [0.15, 0.2) is 0 Å². The average molecular weight is 327 g/mol. The van der Waals surface area contributed by atoms with E-state index < -0.39 is 0 Å². The molecule has 19 heavy (non-hydrogen) atoms. The Morgan fingerprint density at radius 3 is 2.16 bits per heavy atom. The number of unbranched alkanes of at least 4 members (excludes halogenated alkanes) is 4. The predicted octanol–water partition coefficient (Wildman–Crippen LogP) is 5.92. The summed E-state index contributed by atoms with van der Waals surface area (Å²) < 4.78 is 6.65. The third-order valence-electron chi connectivity index (χ3n) is 3.50. The van der Waals surface area contributed by atoms with Gasteiger partial charge in [-0.2, -0.15) is 0 Å². The minimum absolute atomic E-state index is 1.02. The highest BCUT2D eigenvalue weighted by atomic mass is 79.9. The first-order valence-corrected chi connectivity index (χ1v) is 8.37. The molecule has 1 nitrogen and oxygen atoms in total. The van der Waals surface area contributed by atoms with E-state index in [1.54, 1.807) is 7.11 Å². The molecule has 0 amide bonds. The molecule has 1 aromatic carbocycles. The smallest absolute Gasteiger partial charge is 0.136 e. The number of methoxy groups -OCH3 is 1. The monoisotopic (exact) mass is 326 g/mol. The standard InChI is InChI=1S/C17H27BrO/c1-4-6-8-10-14-12-15(11-9-7-5-2)17(19-3)16(18)13-14/h12-13H,4-11H2,1-3H3. The van der Waals surface area contributed by atoms with Crippen molar-refractivity contribution in [2.24, 2.45) is 0 Å². The number of rotatable bonds is 9. The summed E-state index contributed by atoms with van der Waals surface area (Å²) in [7, 11) is 1.76. The Balaban J connectivity index is 2.78. The van der Waals surface area contributed by atoms with Crippen LogP contribution in [0.5, 0.6) is 5.75 Å². The van der Waals surface area contributed by atoms with Gasteiger partial charge in [0, 0.05) is 0 Å². The third kappa shape index (κ3) is 5.56. The van der Waals surface area contributed by atoms with Gasteiger partial charge in [0.1, 0.15) is 5.75 Å². The topological polar surface area (TPSA) is 9.23 Å². The highest BCUT2D eigenvalue weighted by Crippen LogP contribution is 2.32. The summed E-state index contributed by atoms with van der Waals surface area (Å²) in [5.41, 5.74) is 2.80. The maximum atomic E-state index is 5.54. The van der Waals surface area contributed by atoms with E-state index >= 15 is 0 Å². The van der Waals surface area contributed by atoms with Crippen LogP contribution < -0.4 is 4.74 Å². The Morgan fingerprint density at radius 2 is 1.58 bits per heavy atom. The van der Waals surface area contributed by atoms with Crippen LogP contribution in [0.4, 0.5) is 0 Å². The number of benzene rings is 1. The molecule has 2 heteroatoms. The molecule has 0 atom stereocenters. The molecule has 0 aromatic heterocycles. The van der Waals surface area contributed by atoms with E-state index in [1.165, 1.54) is 56.1 Å². The number of hydrogen-bond acceptors (Lipinski definition) is 1. The van der Waals surface area contributed by atoms with Gasteiger partial charge in [-0.25, -0.2) is 0 Å². The van der Waals surface area contributed by atoms with Crippen LogP contribution in [0, 0.1) is 0 Å². The van der Waals surface area contributed by atoms with Gasteiger partial charge in [-0.3, -0.25) is 0 Å². The zero-order valence-corrected chi connectivity index (χ0v) is 14.2. The number of hydrogen-bond donors (Lipinski definition) is 0. The maximum Gasteiger partial charge on any atom is 0.136 e. The molecule has 108 valence electrons. The Hall–Kier alpha value is -0.500. The molecule has 0 radical (unpaired) electrons. The molecule has 1 rings (SSSR count). The second-order valence-corrected chi connectivity index (χ2v) is 6.04. The van der Waals surface area contributed by atoms with Crippen molar-refractivity contribution in [3.8, 4) is 5.75 Å². The molecular formula is C17H27BrO. The lowest BCUT2D eigenvalue weighted by Crippen LogP contribution is -1.97. The molecule has 0 fully saturated rings. The van der Waals surface area contributed by atoms with Gasteiger partial charge >= 0.3 is 0 Å². The number of aryl methyl sites for hydroxylation is 2. The van der Waals surface area contributed by atoms with Gasteiger partial charge in [-0.15, -0.1) is 0 Å². The fourth-order valence-corrected chi connectivity index (χ4v) is 3.13. The lowest BCUT2D eigenvalue weighted by molar-refractivity contribution is 0.406. The van der Waals surface area contributed by atoms with Crippen LogP contribution >= 0.6 is 15.9 Å². The molecule has 1 aromatic rings. The number of ether oxygens (including phenoxy) is 1. The molecule has 0 aliphatic carbocycles. The van der Waals surface area contributed by atoms with Crippen LogP contribution in [-0.2, 0) is 12.8 Å². The molecule has 0 aliphatic rings. The van der Waals surface area contributed by atoms with Gasteiger partial charge < -0.3 is 4.74 Å². The van der Waals surface area contributed by atoms with E-state index in [-0.39, 0.29) is 0 Å². The van der Waals surface area contributed by atoms with Crippen molar-refractivity contribution in [3.05, 3.63) is 27.7 Å². The summed E-state index contributed by atoms with van der Waals surface area (Å²) >= 11 is 3.65. The molecule has 0 N–H and O–H groups in total. The third-order valence-corrected chi connectivity index (χ3v) is 4.09. The molecule has 0 unspecified atom stereocenters. The van der Waals surface area contributed by atoms with Crippen LogP contribution in [0.15, 0.2) is 16.6 Å². The molecule has 0 saturated carbocycles. The average Bonchev–Trinajstić information content (AvgIpc) is 2.39. The summed E-state index contributed by atoms with van der Waals surface area (Å²) in [4.78, 5) is 0. The molecular weight excluding hydrogens is 300 g/mol. The van der Waals surface area contributed by atoms with Crippen LogP contribution in [0.1, 0.15) is 63.5 Å². The summed E-state index contributed by atoms with van der Waals surface area (Å²) in [6, 6.07) is 4.56. The zero-order valence-electron chi connectivity index (χ0n) is 12.6. The number of halogens is 1. The highest BCUT2D eigenvalue weighted by molar-refractivity contribution is 9.10. The Bertz CT molecular complexity index is 374. The second kappa shape index (κ2) is 9.41. The maximum absolute atomic E-state index is 5.54. The molecule has 0 bridgehead atoms. The normalized spacial score (nSPS) is 10.7. The zero-order chi connectivity index (χ0) is 14.1. The van der Waals surface area contributed by atoms with Crippen LogP contribution in [-0.4, -0.2) is 7.11 Å². The van der Waals surface area contributed by atoms with E-state index in [2.05, 4.69) is 41.9 Å². The Labute approximate surface area is 126 Å². The molecule has 0 spiro atoms. The Morgan fingerprint density at radius 1 is 0.947 bits per heavy atom. The molecule has 0 heterocycles. The van der Waals surface area contributed by atoms with E-state index in [1.807, 2.05) is 0 Å². The van der Waals surface area contributed by atoms with Gasteiger partial charge in [-0.1, -0.05) is 45.6 Å². The first-order valence-electron chi connectivity index (χ1n) is 7.58. The van der Waals surface area contributed by atoms with Crippen molar-refractivity contribution in [1.82, 2.24) is 0 Å². The van der Waals surface area contributed by atoms with Gasteiger partial charge in [-0.05, 0) is 58.8 Å². The fraction of sp³-hybridized carbons (Fsp3) is 0.647. The largest absolute Gasteiger partial charge is 0.495 e. The lowest BCUT2D eigenvalue weighted by Gasteiger charge is -2.13. The summed E-state index contributed by atoms with van der Waals surface area (Å²) in [5.74, 6) is 1.02. The van der Waals surface area contributed by atoms with E-state index in [4.69, 9.17) is 4.74 Å². The van der Waals surface area contributed by atoms with Gasteiger partial charge in [0.2, 0.25) is 0 Å².